The third-order valence-electron chi connectivity index (χ3n) is 4.38. The van der Waals surface area contributed by atoms with E-state index in [0.717, 1.165) is 25.3 Å². The molecule has 1 unspecified atom stereocenters. The molecule has 0 heterocycles. The maximum Gasteiger partial charge on any atom is 0.119 e. The lowest BCUT2D eigenvalue weighted by atomic mass is 10.0. The highest BCUT2D eigenvalue weighted by molar-refractivity contribution is 5.29. The minimum atomic E-state index is 0.467. The van der Waals surface area contributed by atoms with Gasteiger partial charge in [-0.25, -0.2) is 0 Å². The van der Waals surface area contributed by atoms with Crippen LogP contribution in [0.15, 0.2) is 24.3 Å². The summed E-state index contributed by atoms with van der Waals surface area (Å²) in [4.78, 5) is 0. The van der Waals surface area contributed by atoms with Gasteiger partial charge in [0.05, 0.1) is 6.61 Å². The van der Waals surface area contributed by atoms with Crippen molar-refractivity contribution >= 4 is 0 Å². The second-order valence-corrected chi connectivity index (χ2v) is 6.45. The Morgan fingerprint density at radius 3 is 2.13 bits per heavy atom. The molecule has 0 aliphatic rings. The highest BCUT2D eigenvalue weighted by Crippen LogP contribution is 2.20. The quantitative estimate of drug-likeness (QED) is 0.408. The third-order valence-corrected chi connectivity index (χ3v) is 4.38. The fourth-order valence-electron chi connectivity index (χ4n) is 2.82. The Balaban J connectivity index is 2.26. The van der Waals surface area contributed by atoms with Crippen LogP contribution in [0.4, 0.5) is 0 Å². The largest absolute Gasteiger partial charge is 0.494 e. The lowest BCUT2D eigenvalue weighted by Crippen LogP contribution is -2.21. The van der Waals surface area contributed by atoms with Crippen molar-refractivity contribution in [2.24, 2.45) is 0 Å². The number of rotatable bonds is 14. The average Bonchev–Trinajstić information content (AvgIpc) is 2.59. The van der Waals surface area contributed by atoms with Crippen molar-refractivity contribution in [2.75, 3.05) is 13.2 Å². The Kier molecular flexibility index (Phi) is 11.7. The summed E-state index contributed by atoms with van der Waals surface area (Å²) < 4.78 is 5.86. The minimum absolute atomic E-state index is 0.467. The van der Waals surface area contributed by atoms with Crippen molar-refractivity contribution in [1.29, 1.82) is 0 Å². The number of hydrogen-bond acceptors (Lipinski definition) is 2. The minimum Gasteiger partial charge on any atom is -0.494 e. The van der Waals surface area contributed by atoms with Gasteiger partial charge in [0, 0.05) is 6.04 Å². The Hall–Kier alpha value is -1.02. The summed E-state index contributed by atoms with van der Waals surface area (Å²) in [6, 6.07) is 9.13. The van der Waals surface area contributed by atoms with Crippen LogP contribution in [0.5, 0.6) is 5.75 Å². The van der Waals surface area contributed by atoms with Gasteiger partial charge in [-0.05, 0) is 43.5 Å². The summed E-state index contributed by atoms with van der Waals surface area (Å²) in [5.41, 5.74) is 1.37. The fourth-order valence-corrected chi connectivity index (χ4v) is 2.82. The molecule has 1 aromatic rings. The van der Waals surface area contributed by atoms with Gasteiger partial charge in [0.2, 0.25) is 0 Å². The van der Waals surface area contributed by atoms with E-state index in [2.05, 4.69) is 50.4 Å². The Labute approximate surface area is 144 Å². The Morgan fingerprint density at radius 2 is 1.48 bits per heavy atom. The van der Waals surface area contributed by atoms with Crippen LogP contribution in [0, 0.1) is 0 Å². The standard InChI is InChI=1S/C21H37NO/c1-4-7-9-10-11-12-18-23-20-15-13-19(14-16-20)21(6-3)22-17-8-5-2/h13-16,21-22H,4-12,17-18H2,1-3H3. The van der Waals surface area contributed by atoms with Crippen LogP contribution in [-0.4, -0.2) is 13.2 Å². The number of benzene rings is 1. The first-order chi connectivity index (χ1) is 11.3. The zero-order valence-electron chi connectivity index (χ0n) is 15.6. The normalized spacial score (nSPS) is 12.3. The maximum atomic E-state index is 5.86. The molecule has 1 rings (SSSR count). The Bertz CT molecular complexity index is 374. The third kappa shape index (κ3) is 9.00. The molecule has 2 nitrogen and oxygen atoms in total. The first kappa shape index (κ1) is 20.0. The molecule has 0 aromatic heterocycles. The van der Waals surface area contributed by atoms with Crippen molar-refractivity contribution < 1.29 is 4.74 Å². The molecule has 132 valence electrons. The molecule has 0 radical (unpaired) electrons. The van der Waals surface area contributed by atoms with E-state index in [1.165, 1.54) is 56.9 Å². The van der Waals surface area contributed by atoms with E-state index >= 15 is 0 Å². The van der Waals surface area contributed by atoms with Crippen molar-refractivity contribution in [3.8, 4) is 5.75 Å². The van der Waals surface area contributed by atoms with E-state index in [-0.39, 0.29) is 0 Å². The predicted molar refractivity (Wildman–Crippen MR) is 101 cm³/mol. The predicted octanol–water partition coefficient (Wildman–Crippen LogP) is 6.27. The molecule has 0 saturated heterocycles. The van der Waals surface area contributed by atoms with Crippen LogP contribution in [-0.2, 0) is 0 Å². The molecule has 1 aromatic carbocycles. The van der Waals surface area contributed by atoms with Crippen molar-refractivity contribution in [2.45, 2.75) is 84.6 Å². The molecule has 0 aliphatic carbocycles. The van der Waals surface area contributed by atoms with Crippen LogP contribution in [0.2, 0.25) is 0 Å². The van der Waals surface area contributed by atoms with E-state index < -0.39 is 0 Å². The van der Waals surface area contributed by atoms with Gasteiger partial charge in [-0.2, -0.15) is 0 Å². The summed E-state index contributed by atoms with van der Waals surface area (Å²) in [6.07, 6.45) is 11.5. The van der Waals surface area contributed by atoms with Crippen molar-refractivity contribution in [3.63, 3.8) is 0 Å². The van der Waals surface area contributed by atoms with Crippen molar-refractivity contribution in [1.82, 2.24) is 5.32 Å². The average molecular weight is 320 g/mol. The molecular weight excluding hydrogens is 282 g/mol. The molecule has 0 bridgehead atoms. The SMILES string of the molecule is CCCCCCCCOc1ccc(C(CC)NCCCC)cc1. The summed E-state index contributed by atoms with van der Waals surface area (Å²) >= 11 is 0. The van der Waals surface area contributed by atoms with E-state index in [1.807, 2.05) is 0 Å². The molecule has 0 fully saturated rings. The monoisotopic (exact) mass is 319 g/mol. The van der Waals surface area contributed by atoms with Gasteiger partial charge in [-0.1, -0.05) is 71.4 Å². The Morgan fingerprint density at radius 1 is 0.826 bits per heavy atom. The van der Waals surface area contributed by atoms with Gasteiger partial charge in [-0.15, -0.1) is 0 Å². The molecular formula is C21H37NO. The number of nitrogens with one attached hydrogen (secondary N) is 1. The van der Waals surface area contributed by atoms with Crippen molar-refractivity contribution in [3.05, 3.63) is 29.8 Å². The molecule has 1 N–H and O–H groups in total. The lowest BCUT2D eigenvalue weighted by molar-refractivity contribution is 0.304. The van der Waals surface area contributed by atoms with Gasteiger partial charge in [0.15, 0.2) is 0 Å². The molecule has 2 heteroatoms. The van der Waals surface area contributed by atoms with E-state index in [4.69, 9.17) is 4.74 Å². The van der Waals surface area contributed by atoms with Crippen LogP contribution >= 0.6 is 0 Å². The smallest absolute Gasteiger partial charge is 0.119 e. The number of unbranched alkanes of at least 4 members (excludes halogenated alkanes) is 6. The van der Waals surface area contributed by atoms with E-state index in [1.54, 1.807) is 0 Å². The maximum absolute atomic E-state index is 5.86. The van der Waals surface area contributed by atoms with E-state index in [0.29, 0.717) is 6.04 Å². The fraction of sp³-hybridized carbons (Fsp3) is 0.714. The molecule has 0 amide bonds. The molecule has 0 saturated carbocycles. The van der Waals surface area contributed by atoms with E-state index in [9.17, 15) is 0 Å². The summed E-state index contributed by atoms with van der Waals surface area (Å²) in [7, 11) is 0. The first-order valence-electron chi connectivity index (χ1n) is 9.77. The van der Waals surface area contributed by atoms with Crippen LogP contribution < -0.4 is 10.1 Å². The molecule has 0 aliphatic heterocycles. The van der Waals surface area contributed by atoms with Crippen LogP contribution in [0.1, 0.15) is 90.2 Å². The summed E-state index contributed by atoms with van der Waals surface area (Å²) in [5, 5.41) is 3.64. The summed E-state index contributed by atoms with van der Waals surface area (Å²) in [6.45, 7) is 8.68. The van der Waals surface area contributed by atoms with Gasteiger partial charge >= 0.3 is 0 Å². The highest BCUT2D eigenvalue weighted by atomic mass is 16.5. The zero-order chi connectivity index (χ0) is 16.8. The van der Waals surface area contributed by atoms with Gasteiger partial charge < -0.3 is 10.1 Å². The van der Waals surface area contributed by atoms with Gasteiger partial charge in [0.1, 0.15) is 5.75 Å². The lowest BCUT2D eigenvalue weighted by Gasteiger charge is -2.17. The summed E-state index contributed by atoms with van der Waals surface area (Å²) in [5.74, 6) is 1.01. The molecule has 0 spiro atoms. The van der Waals surface area contributed by atoms with Gasteiger partial charge in [0.25, 0.3) is 0 Å². The second-order valence-electron chi connectivity index (χ2n) is 6.45. The highest BCUT2D eigenvalue weighted by Gasteiger charge is 2.08. The first-order valence-corrected chi connectivity index (χ1v) is 9.77. The van der Waals surface area contributed by atoms with Crippen LogP contribution in [0.25, 0.3) is 0 Å². The number of hydrogen-bond donors (Lipinski definition) is 1. The topological polar surface area (TPSA) is 21.3 Å². The molecule has 23 heavy (non-hydrogen) atoms. The van der Waals surface area contributed by atoms with Crippen LogP contribution in [0.3, 0.4) is 0 Å². The van der Waals surface area contributed by atoms with Gasteiger partial charge in [-0.3, -0.25) is 0 Å². The number of ether oxygens (including phenoxy) is 1. The zero-order valence-corrected chi connectivity index (χ0v) is 15.6. The molecule has 1 atom stereocenters. The second kappa shape index (κ2) is 13.4.